The van der Waals surface area contributed by atoms with Gasteiger partial charge in [0.15, 0.2) is 9.99 Å². The first-order chi connectivity index (χ1) is 13.7. The first-order valence-electron chi connectivity index (χ1n) is 9.17. The van der Waals surface area contributed by atoms with Gasteiger partial charge in [0.2, 0.25) is 5.91 Å². The molecule has 1 aliphatic heterocycles. The van der Waals surface area contributed by atoms with Crippen LogP contribution >= 0.6 is 23.1 Å². The van der Waals surface area contributed by atoms with Gasteiger partial charge >= 0.3 is 6.03 Å². The fraction of sp³-hybridized carbons (Fsp3) is 0.300. The molecule has 0 radical (unpaired) electrons. The van der Waals surface area contributed by atoms with Gasteiger partial charge in [-0.05, 0) is 24.1 Å². The number of aromatic nitrogens is 2. The van der Waals surface area contributed by atoms with E-state index < -0.39 is 0 Å². The number of amides is 3. The van der Waals surface area contributed by atoms with Crippen molar-refractivity contribution < 1.29 is 9.59 Å². The monoisotopic (exact) mass is 412 g/mol. The average molecular weight is 413 g/mol. The van der Waals surface area contributed by atoms with Crippen LogP contribution in [0.3, 0.4) is 0 Å². The van der Waals surface area contributed by atoms with Gasteiger partial charge in [0, 0.05) is 18.4 Å². The van der Waals surface area contributed by atoms with Gasteiger partial charge in [-0.2, -0.15) is 0 Å². The third-order valence-corrected chi connectivity index (χ3v) is 7.01. The number of pyridine rings is 1. The lowest BCUT2D eigenvalue weighted by Crippen LogP contribution is -2.60. The summed E-state index contributed by atoms with van der Waals surface area (Å²) >= 11 is 3.15. The minimum atomic E-state index is -0.316. The Bertz CT molecular complexity index is 959. The molecule has 0 bridgehead atoms. The van der Waals surface area contributed by atoms with Crippen LogP contribution in [0.5, 0.6) is 0 Å². The van der Waals surface area contributed by atoms with Crippen molar-refractivity contribution in [1.29, 1.82) is 0 Å². The van der Waals surface area contributed by atoms with Crippen molar-refractivity contribution in [3.63, 3.8) is 0 Å². The Morgan fingerprint density at radius 2 is 2.14 bits per heavy atom. The Labute approximate surface area is 171 Å². The van der Waals surface area contributed by atoms with Crippen LogP contribution < -0.4 is 5.32 Å². The van der Waals surface area contributed by atoms with Crippen molar-refractivity contribution in [2.45, 2.75) is 36.2 Å². The van der Waals surface area contributed by atoms with Crippen LogP contribution in [0.2, 0.25) is 0 Å². The molecule has 0 unspecified atom stereocenters. The predicted molar refractivity (Wildman–Crippen MR) is 111 cm³/mol. The van der Waals surface area contributed by atoms with Crippen LogP contribution in [-0.4, -0.2) is 38.6 Å². The quantitative estimate of drug-likeness (QED) is 0.484. The number of likely N-dealkylation sites (tertiary alicyclic amines) is 1. The maximum atomic E-state index is 12.7. The number of β-lactam (4-membered cyclic amide) rings is 1. The Morgan fingerprint density at radius 1 is 1.32 bits per heavy atom. The third-order valence-electron chi connectivity index (χ3n) is 4.72. The average Bonchev–Trinajstić information content (AvgIpc) is 3.12. The Morgan fingerprint density at radius 3 is 2.86 bits per heavy atom. The van der Waals surface area contributed by atoms with Crippen molar-refractivity contribution >= 4 is 45.4 Å². The van der Waals surface area contributed by atoms with Crippen LogP contribution in [0.4, 0.5) is 4.79 Å². The van der Waals surface area contributed by atoms with Gasteiger partial charge in [0.05, 0.1) is 16.8 Å². The van der Waals surface area contributed by atoms with Gasteiger partial charge < -0.3 is 5.32 Å². The standard InChI is InChI=1S/C20H20N4O2S2/c1-2-15(13-7-4-3-5-8-13)22-19(26)24-14(11-17(24)25)12-27-20-23-18-16(28-20)9-6-10-21-18/h3-10,14-15H,2,11-12H2,1H3,(H,22,26)/t14-,15-/m1/s1. The molecule has 3 heterocycles. The second kappa shape index (κ2) is 8.28. The molecule has 0 aliphatic carbocycles. The van der Waals surface area contributed by atoms with E-state index in [9.17, 15) is 9.59 Å². The van der Waals surface area contributed by atoms with Crippen LogP contribution in [-0.2, 0) is 4.79 Å². The number of carbonyl (C=O) groups is 2. The van der Waals surface area contributed by atoms with E-state index >= 15 is 0 Å². The summed E-state index contributed by atoms with van der Waals surface area (Å²) < 4.78 is 1.95. The lowest BCUT2D eigenvalue weighted by molar-refractivity contribution is -0.139. The number of thioether (sulfide) groups is 1. The smallest absolute Gasteiger partial charge is 0.324 e. The first-order valence-corrected chi connectivity index (χ1v) is 11.0. The fourth-order valence-corrected chi connectivity index (χ4v) is 5.32. The number of imide groups is 1. The maximum Gasteiger partial charge on any atom is 0.324 e. The summed E-state index contributed by atoms with van der Waals surface area (Å²) in [5.41, 5.74) is 1.78. The third kappa shape index (κ3) is 3.88. The second-order valence-electron chi connectivity index (χ2n) is 6.56. The van der Waals surface area contributed by atoms with Gasteiger partial charge in [-0.25, -0.2) is 14.8 Å². The number of fused-ring (bicyclic) bond motifs is 1. The number of hydrogen-bond donors (Lipinski definition) is 1. The number of carbonyl (C=O) groups excluding carboxylic acids is 2. The minimum Gasteiger partial charge on any atom is -0.331 e. The summed E-state index contributed by atoms with van der Waals surface area (Å²) in [6.07, 6.45) is 2.88. The molecule has 1 N–H and O–H groups in total. The van der Waals surface area contributed by atoms with Crippen LogP contribution in [0.15, 0.2) is 53.0 Å². The summed E-state index contributed by atoms with van der Waals surface area (Å²) in [4.78, 5) is 34.9. The second-order valence-corrected chi connectivity index (χ2v) is 8.86. The number of nitrogens with one attached hydrogen (secondary N) is 1. The molecule has 2 aromatic heterocycles. The normalized spacial score (nSPS) is 17.4. The topological polar surface area (TPSA) is 75.2 Å². The molecule has 8 heteroatoms. The van der Waals surface area contributed by atoms with Gasteiger partial charge in [-0.15, -0.1) is 11.3 Å². The van der Waals surface area contributed by atoms with E-state index in [1.165, 1.54) is 4.90 Å². The summed E-state index contributed by atoms with van der Waals surface area (Å²) in [5.74, 6) is 0.512. The highest BCUT2D eigenvalue weighted by Crippen LogP contribution is 2.32. The molecule has 3 aromatic rings. The van der Waals surface area contributed by atoms with Crippen molar-refractivity contribution in [3.8, 4) is 0 Å². The van der Waals surface area contributed by atoms with E-state index in [0.29, 0.717) is 12.2 Å². The number of urea groups is 1. The van der Waals surface area contributed by atoms with Gasteiger partial charge in [-0.1, -0.05) is 49.0 Å². The van der Waals surface area contributed by atoms with Crippen LogP contribution in [0.1, 0.15) is 31.4 Å². The van der Waals surface area contributed by atoms with Crippen LogP contribution in [0, 0.1) is 0 Å². The highest BCUT2D eigenvalue weighted by molar-refractivity contribution is 8.01. The highest BCUT2D eigenvalue weighted by atomic mass is 32.2. The zero-order chi connectivity index (χ0) is 19.5. The van der Waals surface area contributed by atoms with E-state index in [1.54, 1.807) is 29.3 Å². The first kappa shape index (κ1) is 18.9. The van der Waals surface area contributed by atoms with Crippen molar-refractivity contribution in [1.82, 2.24) is 20.2 Å². The number of nitrogens with zero attached hydrogens (tertiary/aromatic N) is 3. The minimum absolute atomic E-state index is 0.106. The molecule has 2 atom stereocenters. The van der Waals surface area contributed by atoms with Crippen molar-refractivity contribution in [3.05, 3.63) is 54.2 Å². The SMILES string of the molecule is CC[C@@H](NC(=O)N1C(=O)C[C@@H]1CSc1nc2ncccc2s1)c1ccccc1. The van der Waals surface area contributed by atoms with Crippen molar-refractivity contribution in [2.75, 3.05) is 5.75 Å². The molecular weight excluding hydrogens is 392 g/mol. The maximum absolute atomic E-state index is 12.7. The van der Waals surface area contributed by atoms with Crippen LogP contribution in [0.25, 0.3) is 10.3 Å². The molecule has 0 saturated carbocycles. The molecule has 1 fully saturated rings. The fourth-order valence-electron chi connectivity index (χ4n) is 3.20. The molecule has 1 aliphatic rings. The van der Waals surface area contributed by atoms with E-state index in [4.69, 9.17) is 0 Å². The zero-order valence-electron chi connectivity index (χ0n) is 15.4. The molecule has 1 saturated heterocycles. The number of thiazole rings is 1. The van der Waals surface area contributed by atoms with Gasteiger partial charge in [-0.3, -0.25) is 9.69 Å². The molecule has 6 nitrogen and oxygen atoms in total. The number of rotatable bonds is 6. The molecular formula is C20H20N4O2S2. The number of benzene rings is 1. The van der Waals surface area contributed by atoms with Crippen molar-refractivity contribution in [2.24, 2.45) is 0 Å². The van der Waals surface area contributed by atoms with E-state index in [1.807, 2.05) is 49.4 Å². The molecule has 0 spiro atoms. The lowest BCUT2D eigenvalue weighted by Gasteiger charge is -2.39. The summed E-state index contributed by atoms with van der Waals surface area (Å²) in [7, 11) is 0. The molecule has 1 aromatic carbocycles. The Hall–Kier alpha value is -2.45. The largest absolute Gasteiger partial charge is 0.331 e. The molecule has 3 amide bonds. The molecule has 4 rings (SSSR count). The van der Waals surface area contributed by atoms with E-state index in [-0.39, 0.29) is 24.0 Å². The summed E-state index contributed by atoms with van der Waals surface area (Å²) in [5, 5.41) is 3.00. The number of hydrogen-bond acceptors (Lipinski definition) is 6. The van der Waals surface area contributed by atoms with Gasteiger partial charge in [0.1, 0.15) is 0 Å². The lowest BCUT2D eigenvalue weighted by atomic mass is 10.0. The van der Waals surface area contributed by atoms with Gasteiger partial charge in [0.25, 0.3) is 0 Å². The summed E-state index contributed by atoms with van der Waals surface area (Å²) in [6.45, 7) is 2.02. The Kier molecular flexibility index (Phi) is 5.59. The predicted octanol–water partition coefficient (Wildman–Crippen LogP) is 4.25. The highest BCUT2D eigenvalue weighted by Gasteiger charge is 2.41. The zero-order valence-corrected chi connectivity index (χ0v) is 17.0. The molecule has 28 heavy (non-hydrogen) atoms. The molecule has 144 valence electrons. The van der Waals surface area contributed by atoms with E-state index in [0.717, 1.165) is 26.7 Å². The summed E-state index contributed by atoms with van der Waals surface area (Å²) in [6, 6.07) is 13.2. The van der Waals surface area contributed by atoms with E-state index in [2.05, 4.69) is 15.3 Å². The Balaban J connectivity index is 1.38.